The number of aromatic nitrogens is 3. The van der Waals surface area contributed by atoms with E-state index in [1.807, 2.05) is 0 Å². The highest BCUT2D eigenvalue weighted by molar-refractivity contribution is 6.08. The zero-order valence-corrected chi connectivity index (χ0v) is 11.6. The number of carbonyl (C=O) groups is 1. The molecule has 1 aliphatic carbocycles. The summed E-state index contributed by atoms with van der Waals surface area (Å²) in [6.45, 7) is 0. The summed E-state index contributed by atoms with van der Waals surface area (Å²) in [5.41, 5.74) is 0.0359. The van der Waals surface area contributed by atoms with Gasteiger partial charge in [0.1, 0.15) is 0 Å². The molecule has 0 atom stereocenters. The van der Waals surface area contributed by atoms with Crippen LogP contribution in [0, 0.1) is 0 Å². The first-order chi connectivity index (χ1) is 14.4. The Balaban J connectivity index is 2.16. The third-order valence-corrected chi connectivity index (χ3v) is 3.63. The van der Waals surface area contributed by atoms with Crippen molar-refractivity contribution in [2.24, 2.45) is 7.05 Å². The maximum atomic E-state index is 11.5. The Morgan fingerprint density at radius 1 is 1.32 bits per heavy atom. The Kier molecular flexibility index (Phi) is 1.42. The molecule has 5 nitrogen and oxygen atoms in total. The van der Waals surface area contributed by atoms with Gasteiger partial charge in [0.15, 0.2) is 5.65 Å². The van der Waals surface area contributed by atoms with Crippen LogP contribution in [-0.2, 0) is 7.05 Å². The summed E-state index contributed by atoms with van der Waals surface area (Å²) >= 11 is 0. The van der Waals surface area contributed by atoms with Gasteiger partial charge in [-0.1, -0.05) is 19.1 Å². The summed E-state index contributed by atoms with van der Waals surface area (Å²) in [6.07, 6.45) is -15.3. The minimum Gasteiger partial charge on any atom is -0.478 e. The van der Waals surface area contributed by atoms with Gasteiger partial charge in [-0.3, -0.25) is 4.68 Å². The van der Waals surface area contributed by atoms with Crippen molar-refractivity contribution in [3.63, 3.8) is 0 Å². The molecule has 2 heterocycles. The molecule has 0 radical (unpaired) electrons. The van der Waals surface area contributed by atoms with E-state index in [9.17, 15) is 9.90 Å². The first-order valence-electron chi connectivity index (χ1n) is 11.6. The number of aryl methyl sites for hydroxylation is 1. The lowest BCUT2D eigenvalue weighted by molar-refractivity contribution is 0.0697. The zero-order chi connectivity index (χ0) is 24.2. The molecule has 5 heteroatoms. The maximum absolute atomic E-state index is 11.5. The highest BCUT2D eigenvalue weighted by Crippen LogP contribution is 2.37. The van der Waals surface area contributed by atoms with Gasteiger partial charge in [0.2, 0.25) is 0 Å². The summed E-state index contributed by atoms with van der Waals surface area (Å²) in [6, 6.07) is 1.65. The number of fused-ring (bicyclic) bond motifs is 3. The Morgan fingerprint density at radius 2 is 2.09 bits per heavy atom. The van der Waals surface area contributed by atoms with E-state index in [1.54, 1.807) is 7.05 Å². The Bertz CT molecular complexity index is 1250. The molecule has 1 fully saturated rings. The van der Waals surface area contributed by atoms with Crippen LogP contribution < -0.4 is 0 Å². The van der Waals surface area contributed by atoms with Crippen molar-refractivity contribution in [2.45, 2.75) is 37.9 Å². The van der Waals surface area contributed by atoms with Crippen LogP contribution in [0.25, 0.3) is 21.9 Å². The molecule has 1 aromatic carbocycles. The van der Waals surface area contributed by atoms with Gasteiger partial charge in [0.05, 0.1) is 11.1 Å². The van der Waals surface area contributed by atoms with Crippen LogP contribution in [0.3, 0.4) is 0 Å². The second-order valence-corrected chi connectivity index (χ2v) is 5.01. The van der Waals surface area contributed by atoms with Crippen molar-refractivity contribution in [1.82, 2.24) is 14.3 Å². The van der Waals surface area contributed by atoms with Crippen molar-refractivity contribution >= 4 is 27.9 Å². The van der Waals surface area contributed by atoms with Gasteiger partial charge < -0.3 is 9.67 Å². The number of rotatable bonds is 2. The number of benzene rings is 1. The van der Waals surface area contributed by atoms with Gasteiger partial charge in [-0.05, 0) is 30.9 Å². The van der Waals surface area contributed by atoms with Gasteiger partial charge in [0, 0.05) is 43.8 Å². The van der Waals surface area contributed by atoms with Crippen molar-refractivity contribution in [1.29, 1.82) is 0 Å². The molecule has 1 N–H and O–H groups in total. The van der Waals surface area contributed by atoms with E-state index < -0.39 is 43.9 Å². The molecule has 0 amide bonds. The average molecular weight is 307 g/mol. The first kappa shape index (κ1) is 6.44. The molecule has 0 unspecified atom stereocenters. The van der Waals surface area contributed by atoms with E-state index in [-0.39, 0.29) is 22.1 Å². The second-order valence-electron chi connectivity index (χ2n) is 5.01. The summed E-state index contributed by atoms with van der Waals surface area (Å²) in [5, 5.41) is 14.2. The molecule has 1 aliphatic rings. The summed E-state index contributed by atoms with van der Waals surface area (Å²) < 4.78 is 85.2. The van der Waals surface area contributed by atoms with Crippen LogP contribution in [0.15, 0.2) is 24.4 Å². The molecule has 0 aliphatic heterocycles. The van der Waals surface area contributed by atoms with E-state index >= 15 is 0 Å². The maximum Gasteiger partial charge on any atom is 0.335 e. The number of aromatic carboxylic acids is 1. The van der Waals surface area contributed by atoms with Gasteiger partial charge in [-0.2, -0.15) is 5.10 Å². The average Bonchev–Trinajstić information content (AvgIpc) is 3.16. The minimum absolute atomic E-state index is 0.00292. The fourth-order valence-electron chi connectivity index (χ4n) is 2.72. The number of carboxylic acid groups (broad SMARTS) is 1. The monoisotopic (exact) mass is 307 g/mol. The highest BCUT2D eigenvalue weighted by Gasteiger charge is 2.23. The molecule has 0 bridgehead atoms. The third-order valence-electron chi connectivity index (χ3n) is 3.63. The fourth-order valence-corrected chi connectivity index (χ4v) is 2.72. The molecule has 3 aromatic rings. The Morgan fingerprint density at radius 3 is 2.82 bits per heavy atom. The second kappa shape index (κ2) is 4.87. The molecular weight excluding hydrogens is 278 g/mol. The molecular formula is C17H19N3O2. The van der Waals surface area contributed by atoms with Gasteiger partial charge in [-0.25, -0.2) is 4.79 Å². The predicted molar refractivity (Wildman–Crippen MR) is 85.3 cm³/mol. The van der Waals surface area contributed by atoms with E-state index in [4.69, 9.17) is 13.7 Å². The predicted octanol–water partition coefficient (Wildman–Crippen LogP) is 3.73. The van der Waals surface area contributed by atoms with Crippen molar-refractivity contribution in [3.8, 4) is 0 Å². The van der Waals surface area contributed by atoms with Crippen LogP contribution >= 0.6 is 0 Å². The first-order valence-corrected chi connectivity index (χ1v) is 6.62. The number of nitrogens with zero attached hydrogens (tertiary/aromatic N) is 3. The Hall–Kier alpha value is -2.30. The summed E-state index contributed by atoms with van der Waals surface area (Å²) in [4.78, 5) is 11.5. The van der Waals surface area contributed by atoms with Crippen molar-refractivity contribution in [2.75, 3.05) is 0 Å². The van der Waals surface area contributed by atoms with Crippen LogP contribution in [0.2, 0.25) is 0 Å². The quantitative estimate of drug-likeness (QED) is 0.784. The van der Waals surface area contributed by atoms with Crippen molar-refractivity contribution in [3.05, 3.63) is 30.0 Å². The summed E-state index contributed by atoms with van der Waals surface area (Å²) in [5.74, 6) is -1.22. The van der Waals surface area contributed by atoms with Gasteiger partial charge in [-0.15, -0.1) is 0 Å². The van der Waals surface area contributed by atoms with Gasteiger partial charge in [0.25, 0.3) is 0 Å². The highest BCUT2D eigenvalue weighted by atomic mass is 16.4. The van der Waals surface area contributed by atoms with Crippen LogP contribution in [0.4, 0.5) is 0 Å². The topological polar surface area (TPSA) is 60.1 Å². The SMILES string of the molecule is [2H]C1([2H])C(n2c3ccc(C(=O)O)cc3c3cn(C)nc32)C([2H])([2H])C([2H])([2H])C([2H])([2H])C1([2H])[2H]. The normalized spacial score (nSPS) is 34.8. The lowest BCUT2D eigenvalue weighted by Gasteiger charge is -2.24. The van der Waals surface area contributed by atoms with E-state index in [0.717, 1.165) is 4.57 Å². The largest absolute Gasteiger partial charge is 0.478 e. The number of carboxylic acids is 1. The minimum atomic E-state index is -3.51. The molecule has 22 heavy (non-hydrogen) atoms. The van der Waals surface area contributed by atoms with Crippen LogP contribution in [-0.4, -0.2) is 25.4 Å². The fraction of sp³-hybridized carbons (Fsp3) is 0.412. The van der Waals surface area contributed by atoms with E-state index in [1.165, 1.54) is 29.1 Å². The van der Waals surface area contributed by atoms with Gasteiger partial charge >= 0.3 is 5.97 Å². The number of hydrogen-bond acceptors (Lipinski definition) is 2. The van der Waals surface area contributed by atoms with Crippen LogP contribution in [0.1, 0.15) is 62.0 Å². The number of hydrogen-bond donors (Lipinski definition) is 1. The summed E-state index contributed by atoms with van der Waals surface area (Å²) in [7, 11) is 1.54. The molecule has 0 saturated heterocycles. The van der Waals surface area contributed by atoms with E-state index in [0.29, 0.717) is 5.39 Å². The Labute approximate surface area is 142 Å². The molecule has 1 saturated carbocycles. The van der Waals surface area contributed by atoms with Crippen LogP contribution in [0.5, 0.6) is 0 Å². The van der Waals surface area contributed by atoms with E-state index in [2.05, 4.69) is 5.10 Å². The lowest BCUT2D eigenvalue weighted by atomic mass is 9.95. The van der Waals surface area contributed by atoms with Crippen molar-refractivity contribution < 1.29 is 23.6 Å². The third kappa shape index (κ3) is 1.92. The molecule has 114 valence electrons. The smallest absolute Gasteiger partial charge is 0.335 e. The molecule has 0 spiro atoms. The standard InChI is InChI=1S/C17H19N3O2/c1-19-10-14-13-9-11(17(21)22)7-8-15(13)20(16(14)18-19)12-5-3-2-4-6-12/h7-10,12H,2-6H2,1H3,(H,21,22)/i2D2,3D2,4D2,5D2,6D2. The molecule has 2 aromatic heterocycles. The molecule has 4 rings (SSSR count). The zero-order valence-electron chi connectivity index (χ0n) is 21.6. The lowest BCUT2D eigenvalue weighted by Crippen LogP contribution is -2.13.